The molecule has 0 aliphatic heterocycles. The summed E-state index contributed by atoms with van der Waals surface area (Å²) in [4.78, 5) is 22.4. The van der Waals surface area contributed by atoms with Gasteiger partial charge in [0.15, 0.2) is 0 Å². The lowest BCUT2D eigenvalue weighted by atomic mass is 9.93. The highest BCUT2D eigenvalue weighted by Crippen LogP contribution is 2.30. The molecule has 2 aromatic carbocycles. The molecule has 5 heteroatoms. The highest BCUT2D eigenvalue weighted by molar-refractivity contribution is 5.90. The number of nitro benzene ring substituents is 1. The minimum absolute atomic E-state index is 0.0575. The van der Waals surface area contributed by atoms with Gasteiger partial charge in [-0.3, -0.25) is 10.1 Å². The molecular weight excluding hydrogens is 282 g/mol. The molecule has 0 aliphatic rings. The van der Waals surface area contributed by atoms with Gasteiger partial charge in [0.1, 0.15) is 5.60 Å². The fraction of sp³-hybridized carbons (Fsp3) is 0.235. The van der Waals surface area contributed by atoms with E-state index in [2.05, 4.69) is 0 Å². The molecule has 0 aliphatic carbocycles. The van der Waals surface area contributed by atoms with Crippen molar-refractivity contribution in [1.29, 1.82) is 0 Å². The Hall–Kier alpha value is -2.69. The molecule has 0 fully saturated rings. The van der Waals surface area contributed by atoms with Gasteiger partial charge in [-0.25, -0.2) is 4.79 Å². The summed E-state index contributed by atoms with van der Waals surface area (Å²) in [6.07, 6.45) is 0.621. The standard InChI is InChI=1S/C17H17NO4/c1-3-17(2,14-7-5-4-6-8-14)22-16(19)13-9-11-15(12-10-13)18(20)21/h4-12H,3H2,1-2H3/t17-/m1/s1. The van der Waals surface area contributed by atoms with Crippen LogP contribution in [0.3, 0.4) is 0 Å². The summed E-state index contributed by atoms with van der Waals surface area (Å²) in [5.74, 6) is -0.497. The van der Waals surface area contributed by atoms with Crippen LogP contribution in [0.25, 0.3) is 0 Å². The normalized spacial score (nSPS) is 13.2. The number of ether oxygens (including phenoxy) is 1. The van der Waals surface area contributed by atoms with Crippen molar-refractivity contribution in [2.24, 2.45) is 0 Å². The molecule has 114 valence electrons. The predicted octanol–water partition coefficient (Wildman–Crippen LogP) is 4.08. The molecule has 2 aromatic rings. The zero-order valence-corrected chi connectivity index (χ0v) is 12.5. The van der Waals surface area contributed by atoms with Crippen LogP contribution in [0.2, 0.25) is 0 Å². The molecule has 0 saturated carbocycles. The van der Waals surface area contributed by atoms with Crippen LogP contribution in [0, 0.1) is 10.1 Å². The van der Waals surface area contributed by atoms with Crippen LogP contribution in [-0.4, -0.2) is 10.9 Å². The smallest absolute Gasteiger partial charge is 0.339 e. The van der Waals surface area contributed by atoms with E-state index in [0.717, 1.165) is 5.56 Å². The van der Waals surface area contributed by atoms with Gasteiger partial charge in [0.05, 0.1) is 10.5 Å². The predicted molar refractivity (Wildman–Crippen MR) is 82.6 cm³/mol. The Morgan fingerprint density at radius 2 is 1.73 bits per heavy atom. The highest BCUT2D eigenvalue weighted by atomic mass is 16.6. The first-order valence-electron chi connectivity index (χ1n) is 6.99. The first-order valence-corrected chi connectivity index (χ1v) is 6.99. The fourth-order valence-electron chi connectivity index (χ4n) is 2.11. The van der Waals surface area contributed by atoms with Gasteiger partial charge in [-0.2, -0.15) is 0 Å². The number of carbonyl (C=O) groups excluding carboxylic acids is 1. The quantitative estimate of drug-likeness (QED) is 0.474. The molecule has 0 spiro atoms. The SMILES string of the molecule is CC[C@@](C)(OC(=O)c1ccc([N+](=O)[O-])cc1)c1ccccc1. The maximum Gasteiger partial charge on any atom is 0.339 e. The number of esters is 1. The average molecular weight is 299 g/mol. The van der Waals surface area contributed by atoms with E-state index in [4.69, 9.17) is 4.74 Å². The summed E-state index contributed by atoms with van der Waals surface area (Å²) in [5.41, 5.74) is 0.409. The van der Waals surface area contributed by atoms with Crippen molar-refractivity contribution in [3.05, 3.63) is 75.8 Å². The maximum atomic E-state index is 12.3. The van der Waals surface area contributed by atoms with Gasteiger partial charge in [0, 0.05) is 12.1 Å². The molecule has 0 heterocycles. The van der Waals surface area contributed by atoms with Gasteiger partial charge >= 0.3 is 5.97 Å². The molecular formula is C17H17NO4. The van der Waals surface area contributed by atoms with Gasteiger partial charge in [0.25, 0.3) is 5.69 Å². The maximum absolute atomic E-state index is 12.3. The third kappa shape index (κ3) is 3.31. The van der Waals surface area contributed by atoms with Crippen molar-refractivity contribution in [2.45, 2.75) is 25.9 Å². The average Bonchev–Trinajstić information content (AvgIpc) is 2.55. The molecule has 22 heavy (non-hydrogen) atoms. The lowest BCUT2D eigenvalue weighted by Gasteiger charge is -2.29. The molecule has 5 nitrogen and oxygen atoms in total. The monoisotopic (exact) mass is 299 g/mol. The molecule has 0 unspecified atom stereocenters. The zero-order chi connectivity index (χ0) is 16.2. The number of carbonyl (C=O) groups is 1. The first kappa shape index (κ1) is 15.7. The van der Waals surface area contributed by atoms with Crippen LogP contribution < -0.4 is 0 Å². The van der Waals surface area contributed by atoms with Crippen LogP contribution in [0.15, 0.2) is 54.6 Å². The Labute approximate surface area is 128 Å². The Balaban J connectivity index is 2.21. The molecule has 1 atom stereocenters. The number of hydrogen-bond acceptors (Lipinski definition) is 4. The minimum atomic E-state index is -0.736. The van der Waals surface area contributed by atoms with E-state index in [1.807, 2.05) is 44.2 Å². The third-order valence-electron chi connectivity index (χ3n) is 3.69. The zero-order valence-electron chi connectivity index (χ0n) is 12.5. The van der Waals surface area contributed by atoms with E-state index in [9.17, 15) is 14.9 Å². The second kappa shape index (κ2) is 6.39. The second-order valence-corrected chi connectivity index (χ2v) is 5.14. The molecule has 0 bridgehead atoms. The molecule has 0 N–H and O–H groups in total. The van der Waals surface area contributed by atoms with Crippen molar-refractivity contribution < 1.29 is 14.5 Å². The molecule has 0 radical (unpaired) electrons. The third-order valence-corrected chi connectivity index (χ3v) is 3.69. The van der Waals surface area contributed by atoms with E-state index in [-0.39, 0.29) is 5.69 Å². The van der Waals surface area contributed by atoms with Gasteiger partial charge in [-0.1, -0.05) is 37.3 Å². The number of nitrogens with zero attached hydrogens (tertiary/aromatic N) is 1. The van der Waals surface area contributed by atoms with Crippen LogP contribution in [0.1, 0.15) is 36.2 Å². The largest absolute Gasteiger partial charge is 0.451 e. The van der Waals surface area contributed by atoms with E-state index >= 15 is 0 Å². The molecule has 0 amide bonds. The number of hydrogen-bond donors (Lipinski definition) is 0. The van der Waals surface area contributed by atoms with Crippen molar-refractivity contribution in [3.63, 3.8) is 0 Å². The van der Waals surface area contributed by atoms with Crippen molar-refractivity contribution in [2.75, 3.05) is 0 Å². The highest BCUT2D eigenvalue weighted by Gasteiger charge is 2.29. The summed E-state index contributed by atoms with van der Waals surface area (Å²) in [5, 5.41) is 10.6. The van der Waals surface area contributed by atoms with Crippen molar-refractivity contribution in [1.82, 2.24) is 0 Å². The van der Waals surface area contributed by atoms with E-state index in [1.54, 1.807) is 0 Å². The molecule has 0 saturated heterocycles. The van der Waals surface area contributed by atoms with E-state index < -0.39 is 16.5 Å². The number of nitro groups is 1. The minimum Gasteiger partial charge on any atom is -0.451 e. The van der Waals surface area contributed by atoms with Gasteiger partial charge in [-0.05, 0) is 31.0 Å². The molecule has 0 aromatic heterocycles. The first-order chi connectivity index (χ1) is 10.5. The van der Waals surface area contributed by atoms with E-state index in [0.29, 0.717) is 12.0 Å². The van der Waals surface area contributed by atoms with Crippen LogP contribution in [0.5, 0.6) is 0 Å². The number of benzene rings is 2. The fourth-order valence-corrected chi connectivity index (χ4v) is 2.11. The summed E-state index contributed by atoms with van der Waals surface area (Å²) < 4.78 is 5.65. The Bertz CT molecular complexity index is 667. The molecule has 2 rings (SSSR count). The van der Waals surface area contributed by atoms with Crippen LogP contribution >= 0.6 is 0 Å². The lowest BCUT2D eigenvalue weighted by molar-refractivity contribution is -0.384. The summed E-state index contributed by atoms with van der Waals surface area (Å²) in [6, 6.07) is 14.9. The Kier molecular flexibility index (Phi) is 4.56. The van der Waals surface area contributed by atoms with Crippen molar-refractivity contribution in [3.8, 4) is 0 Å². The van der Waals surface area contributed by atoms with Crippen LogP contribution in [0.4, 0.5) is 5.69 Å². The summed E-state index contributed by atoms with van der Waals surface area (Å²) in [6.45, 7) is 3.79. The van der Waals surface area contributed by atoms with Gasteiger partial charge < -0.3 is 4.74 Å². The van der Waals surface area contributed by atoms with Crippen LogP contribution in [-0.2, 0) is 10.3 Å². The number of rotatable bonds is 5. The Morgan fingerprint density at radius 3 is 2.23 bits per heavy atom. The second-order valence-electron chi connectivity index (χ2n) is 5.14. The number of non-ortho nitro benzene ring substituents is 1. The van der Waals surface area contributed by atoms with Gasteiger partial charge in [0.2, 0.25) is 0 Å². The van der Waals surface area contributed by atoms with Crippen molar-refractivity contribution >= 4 is 11.7 Å². The Morgan fingerprint density at radius 1 is 1.14 bits per heavy atom. The topological polar surface area (TPSA) is 69.4 Å². The summed E-state index contributed by atoms with van der Waals surface area (Å²) >= 11 is 0. The lowest BCUT2D eigenvalue weighted by Crippen LogP contribution is -2.28. The van der Waals surface area contributed by atoms with E-state index in [1.165, 1.54) is 24.3 Å². The summed E-state index contributed by atoms with van der Waals surface area (Å²) in [7, 11) is 0. The van der Waals surface area contributed by atoms with Gasteiger partial charge in [-0.15, -0.1) is 0 Å².